The number of hydrogen-bond acceptors (Lipinski definition) is 3. The topological polar surface area (TPSA) is 46.9 Å². The van der Waals surface area contributed by atoms with Crippen LogP contribution < -0.4 is 10.9 Å². The van der Waals surface area contributed by atoms with E-state index in [1.165, 1.54) is 17.5 Å². The summed E-state index contributed by atoms with van der Waals surface area (Å²) in [6, 6.07) is 3.61. The minimum Gasteiger partial charge on any atom is -0.315 e. The molecule has 4 heteroatoms. The summed E-state index contributed by atoms with van der Waals surface area (Å²) in [6.07, 6.45) is 4.20. The van der Waals surface area contributed by atoms with E-state index in [2.05, 4.69) is 10.4 Å². The molecule has 1 saturated carbocycles. The fourth-order valence-electron chi connectivity index (χ4n) is 1.69. The van der Waals surface area contributed by atoms with E-state index in [1.807, 2.05) is 7.05 Å². The van der Waals surface area contributed by atoms with Crippen LogP contribution in [0.2, 0.25) is 0 Å². The average molecular weight is 193 g/mol. The molecule has 4 nitrogen and oxygen atoms in total. The van der Waals surface area contributed by atoms with E-state index in [9.17, 15) is 4.79 Å². The van der Waals surface area contributed by atoms with Crippen molar-refractivity contribution in [2.75, 3.05) is 7.05 Å². The Kier molecular flexibility index (Phi) is 2.63. The van der Waals surface area contributed by atoms with Crippen molar-refractivity contribution < 1.29 is 0 Å². The maximum Gasteiger partial charge on any atom is 0.266 e. The molecule has 76 valence electrons. The number of rotatable bonds is 4. The lowest BCUT2D eigenvalue weighted by Gasteiger charge is -2.15. The van der Waals surface area contributed by atoms with Crippen LogP contribution in [0.3, 0.4) is 0 Å². The van der Waals surface area contributed by atoms with Gasteiger partial charge in [-0.1, -0.05) is 0 Å². The Hall–Kier alpha value is -1.16. The van der Waals surface area contributed by atoms with E-state index in [0.717, 1.165) is 5.92 Å². The van der Waals surface area contributed by atoms with Crippen molar-refractivity contribution in [1.82, 2.24) is 15.1 Å². The molecule has 1 aliphatic carbocycles. The van der Waals surface area contributed by atoms with Gasteiger partial charge in [0.15, 0.2) is 0 Å². The second-order valence-electron chi connectivity index (χ2n) is 3.78. The minimum absolute atomic E-state index is 0.0200. The van der Waals surface area contributed by atoms with Crippen molar-refractivity contribution in [3.05, 3.63) is 28.7 Å². The molecule has 1 fully saturated rings. The molecule has 1 N–H and O–H groups in total. The summed E-state index contributed by atoms with van der Waals surface area (Å²) in [5.74, 6) is 0.730. The highest BCUT2D eigenvalue weighted by atomic mass is 16.1. The van der Waals surface area contributed by atoms with Gasteiger partial charge in [-0.25, -0.2) is 4.68 Å². The molecule has 0 amide bonds. The Morgan fingerprint density at radius 2 is 2.50 bits per heavy atom. The van der Waals surface area contributed by atoms with Gasteiger partial charge in [0.25, 0.3) is 5.56 Å². The molecule has 0 aliphatic heterocycles. The van der Waals surface area contributed by atoms with Crippen LogP contribution in [0.5, 0.6) is 0 Å². The summed E-state index contributed by atoms with van der Waals surface area (Å²) in [7, 11) is 1.94. The van der Waals surface area contributed by atoms with E-state index >= 15 is 0 Å². The third kappa shape index (κ3) is 2.01. The van der Waals surface area contributed by atoms with Crippen molar-refractivity contribution in [3.8, 4) is 0 Å². The molecule has 1 heterocycles. The third-order valence-corrected chi connectivity index (χ3v) is 2.72. The van der Waals surface area contributed by atoms with Gasteiger partial charge in [-0.05, 0) is 31.9 Å². The first-order chi connectivity index (χ1) is 6.81. The normalized spacial score (nSPS) is 18.1. The van der Waals surface area contributed by atoms with Gasteiger partial charge in [0.1, 0.15) is 0 Å². The van der Waals surface area contributed by atoms with Crippen LogP contribution in [0.4, 0.5) is 0 Å². The molecule has 0 aromatic carbocycles. The largest absolute Gasteiger partial charge is 0.315 e. The molecule has 2 rings (SSSR count). The van der Waals surface area contributed by atoms with Crippen LogP contribution >= 0.6 is 0 Å². The standard InChI is InChI=1S/C10H15N3O/c1-11-9(8-4-5-8)7-13-10(14)3-2-6-12-13/h2-3,6,8-9,11H,4-5,7H2,1H3. The van der Waals surface area contributed by atoms with Gasteiger partial charge in [0.05, 0.1) is 6.54 Å². The molecule has 1 aromatic rings. The van der Waals surface area contributed by atoms with Crippen LogP contribution in [0.25, 0.3) is 0 Å². The van der Waals surface area contributed by atoms with Crippen molar-refractivity contribution in [1.29, 1.82) is 0 Å². The Labute approximate surface area is 82.9 Å². The predicted molar refractivity (Wildman–Crippen MR) is 54.1 cm³/mol. The van der Waals surface area contributed by atoms with Gasteiger partial charge in [0, 0.05) is 18.3 Å². The van der Waals surface area contributed by atoms with Crippen LogP contribution in [0.1, 0.15) is 12.8 Å². The smallest absolute Gasteiger partial charge is 0.266 e. The highest BCUT2D eigenvalue weighted by Gasteiger charge is 2.30. The average Bonchev–Trinajstić information content (AvgIpc) is 3.00. The maximum absolute atomic E-state index is 11.4. The zero-order valence-electron chi connectivity index (χ0n) is 8.31. The Balaban J connectivity index is 2.08. The minimum atomic E-state index is -0.0200. The molecular formula is C10H15N3O. The fraction of sp³-hybridized carbons (Fsp3) is 0.600. The second-order valence-corrected chi connectivity index (χ2v) is 3.78. The predicted octanol–water partition coefficient (Wildman–Crippen LogP) is 0.241. The van der Waals surface area contributed by atoms with Crippen LogP contribution in [0.15, 0.2) is 23.1 Å². The van der Waals surface area contributed by atoms with Crippen LogP contribution in [0, 0.1) is 5.92 Å². The molecule has 0 saturated heterocycles. The van der Waals surface area contributed by atoms with Gasteiger partial charge in [0.2, 0.25) is 0 Å². The first-order valence-corrected chi connectivity index (χ1v) is 5.00. The monoisotopic (exact) mass is 193 g/mol. The van der Waals surface area contributed by atoms with E-state index in [4.69, 9.17) is 0 Å². The van der Waals surface area contributed by atoms with Crippen LogP contribution in [-0.2, 0) is 6.54 Å². The molecule has 1 unspecified atom stereocenters. The molecule has 14 heavy (non-hydrogen) atoms. The Morgan fingerprint density at radius 3 is 3.07 bits per heavy atom. The first kappa shape index (κ1) is 9.40. The Morgan fingerprint density at radius 1 is 1.71 bits per heavy atom. The molecule has 1 aromatic heterocycles. The van der Waals surface area contributed by atoms with Crippen molar-refractivity contribution >= 4 is 0 Å². The summed E-state index contributed by atoms with van der Waals surface area (Å²) >= 11 is 0. The highest BCUT2D eigenvalue weighted by molar-refractivity contribution is 4.89. The lowest BCUT2D eigenvalue weighted by atomic mass is 10.2. The quantitative estimate of drug-likeness (QED) is 0.745. The lowest BCUT2D eigenvalue weighted by molar-refractivity contribution is 0.403. The zero-order valence-corrected chi connectivity index (χ0v) is 8.31. The van der Waals surface area contributed by atoms with Crippen LogP contribution in [-0.4, -0.2) is 22.9 Å². The van der Waals surface area contributed by atoms with Crippen molar-refractivity contribution in [2.45, 2.75) is 25.4 Å². The van der Waals surface area contributed by atoms with Crippen molar-refractivity contribution in [3.63, 3.8) is 0 Å². The maximum atomic E-state index is 11.4. The molecule has 0 spiro atoms. The van der Waals surface area contributed by atoms with E-state index in [-0.39, 0.29) is 5.56 Å². The summed E-state index contributed by atoms with van der Waals surface area (Å²) in [4.78, 5) is 11.4. The summed E-state index contributed by atoms with van der Waals surface area (Å²) in [5.41, 5.74) is -0.0200. The van der Waals surface area contributed by atoms with E-state index < -0.39 is 0 Å². The summed E-state index contributed by atoms with van der Waals surface area (Å²) in [6.45, 7) is 0.681. The molecule has 0 bridgehead atoms. The Bertz CT molecular complexity index is 356. The van der Waals surface area contributed by atoms with Gasteiger partial charge in [-0.2, -0.15) is 5.10 Å². The summed E-state index contributed by atoms with van der Waals surface area (Å²) in [5, 5.41) is 7.28. The highest BCUT2D eigenvalue weighted by Crippen LogP contribution is 2.32. The third-order valence-electron chi connectivity index (χ3n) is 2.72. The van der Waals surface area contributed by atoms with Crippen molar-refractivity contribution in [2.24, 2.45) is 5.92 Å². The molecule has 1 atom stereocenters. The fourth-order valence-corrected chi connectivity index (χ4v) is 1.69. The summed E-state index contributed by atoms with van der Waals surface area (Å²) < 4.78 is 1.53. The number of aromatic nitrogens is 2. The molecule has 1 aliphatic rings. The van der Waals surface area contributed by atoms with Gasteiger partial charge < -0.3 is 5.32 Å². The molecular weight excluding hydrogens is 178 g/mol. The number of likely N-dealkylation sites (N-methyl/N-ethyl adjacent to an activating group) is 1. The number of hydrogen-bond donors (Lipinski definition) is 1. The SMILES string of the molecule is CNC(Cn1ncccc1=O)C1CC1. The number of nitrogens with zero attached hydrogens (tertiary/aromatic N) is 2. The van der Waals surface area contributed by atoms with Gasteiger partial charge in [-0.15, -0.1) is 0 Å². The first-order valence-electron chi connectivity index (χ1n) is 5.00. The second kappa shape index (κ2) is 3.92. The number of nitrogens with one attached hydrogen (secondary N) is 1. The lowest BCUT2D eigenvalue weighted by Crippen LogP contribution is -2.36. The van der Waals surface area contributed by atoms with E-state index in [1.54, 1.807) is 18.3 Å². The van der Waals surface area contributed by atoms with Gasteiger partial charge >= 0.3 is 0 Å². The van der Waals surface area contributed by atoms with E-state index in [0.29, 0.717) is 12.6 Å². The molecule has 0 radical (unpaired) electrons. The zero-order chi connectivity index (χ0) is 9.97. The van der Waals surface area contributed by atoms with Gasteiger partial charge in [-0.3, -0.25) is 4.79 Å².